The van der Waals surface area contributed by atoms with Crippen molar-refractivity contribution in [2.45, 2.75) is 78.7 Å². The Morgan fingerprint density at radius 2 is 0.917 bits per heavy atom. The summed E-state index contributed by atoms with van der Waals surface area (Å²) in [6, 6.07) is 74.8. The molecule has 416 valence electrons. The summed E-state index contributed by atoms with van der Waals surface area (Å²) in [4.78, 5) is 29.2. The van der Waals surface area contributed by atoms with Gasteiger partial charge in [-0.1, -0.05) is 170 Å². The minimum Gasteiger partial charge on any atom is -0.456 e. The summed E-state index contributed by atoms with van der Waals surface area (Å²) in [5.41, 5.74) is 17.5. The van der Waals surface area contributed by atoms with Gasteiger partial charge in [0.05, 0.1) is 11.1 Å². The maximum Gasteiger partial charge on any atom is 0.340 e. The van der Waals surface area contributed by atoms with Crippen molar-refractivity contribution in [3.8, 4) is 11.5 Å². The van der Waals surface area contributed by atoms with E-state index in [0.717, 1.165) is 101 Å². The predicted octanol–water partition coefficient (Wildman–Crippen LogP) is 17.1. The number of nitrogens with zero attached hydrogens (tertiary/aromatic N) is 3. The third-order valence-electron chi connectivity index (χ3n) is 17.6. The second-order valence-electron chi connectivity index (χ2n) is 22.1. The van der Waals surface area contributed by atoms with Crippen LogP contribution in [0.2, 0.25) is 0 Å². The van der Waals surface area contributed by atoms with E-state index in [1.54, 1.807) is 0 Å². The van der Waals surface area contributed by atoms with Crippen LogP contribution < -0.4 is 9.64 Å². The van der Waals surface area contributed by atoms with E-state index >= 15 is 0 Å². The number of aromatic nitrogens is 2. The topological polar surface area (TPSA) is 74.9 Å². The van der Waals surface area contributed by atoms with Crippen LogP contribution >= 0.6 is 0 Å². The highest BCUT2D eigenvalue weighted by Gasteiger charge is 2.53. The van der Waals surface area contributed by atoms with Crippen molar-refractivity contribution in [3.05, 3.63) is 308 Å². The number of para-hydroxylation sites is 2. The Morgan fingerprint density at radius 3 is 1.43 bits per heavy atom. The molecule has 1 unspecified atom stereocenters. The molecule has 3 aliphatic heterocycles. The minimum atomic E-state index is -1.13. The molecule has 14 rings (SSSR count). The molecule has 3 aliphatic rings. The zero-order valence-corrected chi connectivity index (χ0v) is 48.5. The first-order valence-electron chi connectivity index (χ1n) is 29.5. The summed E-state index contributed by atoms with van der Waals surface area (Å²) in [6.45, 7) is 16.7. The van der Waals surface area contributed by atoms with E-state index in [0.29, 0.717) is 11.1 Å². The third kappa shape index (κ3) is 8.90. The van der Waals surface area contributed by atoms with Gasteiger partial charge >= 0.3 is 11.9 Å². The van der Waals surface area contributed by atoms with Crippen molar-refractivity contribution >= 4 is 45.0 Å². The number of benzene rings is 9. The van der Waals surface area contributed by atoms with Gasteiger partial charge in [-0.3, -0.25) is 0 Å². The lowest BCUT2D eigenvalue weighted by Crippen LogP contribution is -2.33. The van der Waals surface area contributed by atoms with E-state index in [1.165, 1.54) is 55.4 Å². The normalized spacial score (nSPS) is 15.1. The van der Waals surface area contributed by atoms with Crippen molar-refractivity contribution in [3.63, 3.8) is 0 Å². The lowest BCUT2D eigenvalue weighted by Gasteiger charge is -2.37. The summed E-state index contributed by atoms with van der Waals surface area (Å²) in [5.74, 6) is 0.838. The van der Waals surface area contributed by atoms with Crippen LogP contribution in [0.4, 0.5) is 5.69 Å². The van der Waals surface area contributed by atoms with E-state index in [4.69, 9.17) is 14.2 Å². The van der Waals surface area contributed by atoms with Gasteiger partial charge < -0.3 is 28.2 Å². The first-order chi connectivity index (χ1) is 41.1. The average molecular weight is 1100 g/mol. The third-order valence-corrected chi connectivity index (χ3v) is 17.6. The molecule has 1 spiro atoms. The van der Waals surface area contributed by atoms with Gasteiger partial charge in [0.25, 0.3) is 0 Å². The second kappa shape index (κ2) is 21.9. The number of cyclic esters (lactones) is 1. The summed E-state index contributed by atoms with van der Waals surface area (Å²) >= 11 is 0. The Balaban J connectivity index is 0.000000161. The molecule has 0 bridgehead atoms. The first kappa shape index (κ1) is 53.6. The fraction of sp³-hybridized carbons (Fsp3) is 0.184. The molecule has 11 aromatic rings. The molecule has 0 radical (unpaired) electrons. The zero-order valence-electron chi connectivity index (χ0n) is 48.5. The molecule has 84 heavy (non-hydrogen) atoms. The van der Waals surface area contributed by atoms with Gasteiger partial charge in [0.1, 0.15) is 11.5 Å². The Labute approximate surface area is 491 Å². The van der Waals surface area contributed by atoms with Crippen molar-refractivity contribution < 1.29 is 23.8 Å². The number of carbonyl (C=O) groups excluding carboxylic acids is 2. The van der Waals surface area contributed by atoms with E-state index in [2.05, 4.69) is 225 Å². The van der Waals surface area contributed by atoms with Gasteiger partial charge in [-0.15, -0.1) is 0 Å². The molecule has 0 saturated carbocycles. The molecular formula is C76H67N3O5. The van der Waals surface area contributed by atoms with Crippen LogP contribution in [0.15, 0.2) is 224 Å². The Morgan fingerprint density at radius 1 is 0.464 bits per heavy atom. The van der Waals surface area contributed by atoms with Crippen LogP contribution in [0.1, 0.15) is 121 Å². The van der Waals surface area contributed by atoms with Crippen LogP contribution in [0, 0.1) is 13.8 Å². The van der Waals surface area contributed by atoms with Gasteiger partial charge in [0.15, 0.2) is 11.2 Å². The number of esters is 2. The summed E-state index contributed by atoms with van der Waals surface area (Å²) in [5, 5.41) is 2.38. The predicted molar refractivity (Wildman–Crippen MR) is 338 cm³/mol. The Kier molecular flexibility index (Phi) is 14.0. The number of fused-ring (bicyclic) bond motifs is 9. The maximum absolute atomic E-state index is 13.8. The van der Waals surface area contributed by atoms with Gasteiger partial charge in [-0.05, 0) is 137 Å². The fourth-order valence-electron chi connectivity index (χ4n) is 13.6. The number of hydrogen-bond acceptors (Lipinski definition) is 6. The number of rotatable bonds is 13. The lowest BCUT2D eigenvalue weighted by atomic mass is 9.77. The van der Waals surface area contributed by atoms with Gasteiger partial charge in [0, 0.05) is 104 Å². The van der Waals surface area contributed by atoms with Crippen LogP contribution in [0.3, 0.4) is 0 Å². The first-order valence-corrected chi connectivity index (χ1v) is 29.5. The van der Waals surface area contributed by atoms with Gasteiger partial charge in [-0.2, -0.15) is 0 Å². The number of ether oxygens (including phenoxy) is 3. The molecule has 0 amide bonds. The van der Waals surface area contributed by atoms with Crippen LogP contribution in [0.25, 0.3) is 27.4 Å². The van der Waals surface area contributed by atoms with E-state index in [-0.39, 0.29) is 11.9 Å². The van der Waals surface area contributed by atoms with Crippen LogP contribution in [0.5, 0.6) is 11.5 Å². The highest BCUT2D eigenvalue weighted by molar-refractivity contribution is 6.07. The summed E-state index contributed by atoms with van der Waals surface area (Å²) in [7, 11) is 0. The van der Waals surface area contributed by atoms with E-state index in [9.17, 15) is 9.59 Å². The molecule has 0 aliphatic carbocycles. The summed E-state index contributed by atoms with van der Waals surface area (Å²) < 4.78 is 24.3. The minimum absolute atomic E-state index is 0.301. The number of aryl methyl sites for hydroxylation is 2. The highest BCUT2D eigenvalue weighted by atomic mass is 16.6. The second-order valence-corrected chi connectivity index (χ2v) is 22.1. The Bertz CT molecular complexity index is 4170. The number of hydrogen-bond donors (Lipinski definition) is 0. The molecule has 0 saturated heterocycles. The SMILES string of the molecule is CCN(CC)c1ccc(C2(C=C(c3c(C)n(CC)c4ccccc34)c3c(C)n(CC)c4ccccc34)OC(=O)c3ccccc32)cc1.O=C1OC2(c3ccc(Cc4ccccc4)cc3Oc3cc(Cc4ccccc4)ccc32)c2ccccc21. The van der Waals surface area contributed by atoms with E-state index in [1.807, 2.05) is 54.6 Å². The van der Waals surface area contributed by atoms with Crippen molar-refractivity contribution in [2.24, 2.45) is 0 Å². The fourth-order valence-corrected chi connectivity index (χ4v) is 13.6. The Hall–Kier alpha value is -9.66. The van der Waals surface area contributed by atoms with Crippen molar-refractivity contribution in [2.75, 3.05) is 18.0 Å². The molecule has 1 atom stereocenters. The lowest BCUT2D eigenvalue weighted by molar-refractivity contribution is 0.0222. The van der Waals surface area contributed by atoms with Gasteiger partial charge in [0.2, 0.25) is 0 Å². The van der Waals surface area contributed by atoms with Crippen molar-refractivity contribution in [1.29, 1.82) is 0 Å². The molecule has 8 nitrogen and oxygen atoms in total. The van der Waals surface area contributed by atoms with Crippen LogP contribution in [-0.4, -0.2) is 34.2 Å². The van der Waals surface area contributed by atoms with E-state index < -0.39 is 11.2 Å². The standard InChI is InChI=1S/C42H43N3O2.C34H24O3/c1-7-43(8-2)31-25-23-30(24-26-31)42(36-20-14-11-17-32(36)41(46)47-42)27-35(39-28(5)44(9-3)37-21-15-12-18-33(37)39)40-29(6)45(10-4)38-22-16-13-19-34(38)40;35-33-27-13-7-8-14-28(27)34(37-33)29-17-15-25(19-23-9-3-1-4-10-23)21-31(29)36-32-22-26(16-18-30(32)34)20-24-11-5-2-6-12-24/h11-27H,7-10H2,1-6H3;1-18,21-22H,19-20H2. The molecule has 0 fully saturated rings. The van der Waals surface area contributed by atoms with Crippen LogP contribution in [-0.2, 0) is 46.6 Å². The highest BCUT2D eigenvalue weighted by Crippen LogP contribution is 2.57. The maximum atomic E-state index is 13.8. The molecule has 8 heteroatoms. The number of anilines is 1. The zero-order chi connectivity index (χ0) is 57.7. The number of carbonyl (C=O) groups is 2. The van der Waals surface area contributed by atoms with Gasteiger partial charge in [-0.25, -0.2) is 9.59 Å². The largest absolute Gasteiger partial charge is 0.456 e. The molecule has 0 N–H and O–H groups in total. The van der Waals surface area contributed by atoms with Crippen molar-refractivity contribution in [1.82, 2.24) is 9.13 Å². The molecule has 5 heterocycles. The average Bonchev–Trinajstić information content (AvgIpc) is 1.86. The smallest absolute Gasteiger partial charge is 0.340 e. The summed E-state index contributed by atoms with van der Waals surface area (Å²) in [6.07, 6.45) is 3.84. The monoisotopic (exact) mass is 1100 g/mol. The quantitative estimate of drug-likeness (QED) is 0.107. The molecule has 2 aromatic heterocycles. The molecule has 9 aromatic carbocycles. The molecular weight excluding hydrogens is 1030 g/mol.